The SMILES string of the molecule is O=C(c1ccc(Cl)cc1)N(Cc1cccn1Cc1ccccc1Cl)C1CCCCC1. The van der Waals surface area contributed by atoms with Crippen molar-refractivity contribution in [2.24, 2.45) is 0 Å². The van der Waals surface area contributed by atoms with E-state index in [-0.39, 0.29) is 11.9 Å². The molecule has 0 N–H and O–H groups in total. The lowest BCUT2D eigenvalue weighted by Crippen LogP contribution is -2.41. The van der Waals surface area contributed by atoms with E-state index < -0.39 is 0 Å². The van der Waals surface area contributed by atoms with Gasteiger partial charge in [-0.25, -0.2) is 0 Å². The number of rotatable bonds is 6. The van der Waals surface area contributed by atoms with Crippen molar-refractivity contribution < 1.29 is 4.79 Å². The largest absolute Gasteiger partial charge is 0.345 e. The Morgan fingerprint density at radius 2 is 1.67 bits per heavy atom. The van der Waals surface area contributed by atoms with Gasteiger partial charge in [-0.2, -0.15) is 0 Å². The zero-order valence-corrected chi connectivity index (χ0v) is 18.4. The molecule has 1 aliphatic carbocycles. The minimum Gasteiger partial charge on any atom is -0.345 e. The molecule has 0 aliphatic heterocycles. The first-order chi connectivity index (χ1) is 14.6. The third-order valence-electron chi connectivity index (χ3n) is 5.92. The molecule has 0 radical (unpaired) electrons. The van der Waals surface area contributed by atoms with E-state index in [1.807, 2.05) is 42.5 Å². The molecule has 1 aromatic heterocycles. The topological polar surface area (TPSA) is 25.2 Å². The minimum atomic E-state index is 0.0732. The number of aromatic nitrogens is 1. The second kappa shape index (κ2) is 9.72. The van der Waals surface area contributed by atoms with Gasteiger partial charge in [0.05, 0.1) is 6.54 Å². The van der Waals surface area contributed by atoms with Gasteiger partial charge in [0.15, 0.2) is 0 Å². The van der Waals surface area contributed by atoms with Gasteiger partial charge in [0, 0.05) is 40.1 Å². The predicted molar refractivity (Wildman–Crippen MR) is 123 cm³/mol. The summed E-state index contributed by atoms with van der Waals surface area (Å²) >= 11 is 12.4. The van der Waals surface area contributed by atoms with E-state index in [4.69, 9.17) is 23.2 Å². The fourth-order valence-corrected chi connectivity index (χ4v) is 4.57. The van der Waals surface area contributed by atoms with E-state index in [1.165, 1.54) is 19.3 Å². The predicted octanol–water partition coefficient (Wildman–Crippen LogP) is 6.82. The number of hydrogen-bond donors (Lipinski definition) is 0. The molecular weight excluding hydrogens is 415 g/mol. The Morgan fingerprint density at radius 1 is 0.933 bits per heavy atom. The number of benzene rings is 2. The van der Waals surface area contributed by atoms with Crippen LogP contribution in [-0.2, 0) is 13.1 Å². The Morgan fingerprint density at radius 3 is 2.40 bits per heavy atom. The maximum absolute atomic E-state index is 13.5. The van der Waals surface area contributed by atoms with Crippen LogP contribution in [0.2, 0.25) is 10.0 Å². The summed E-state index contributed by atoms with van der Waals surface area (Å²) in [4.78, 5) is 15.5. The van der Waals surface area contributed by atoms with Crippen molar-refractivity contribution in [3.63, 3.8) is 0 Å². The molecule has 0 bridgehead atoms. The molecule has 1 saturated carbocycles. The zero-order valence-electron chi connectivity index (χ0n) is 16.9. The highest BCUT2D eigenvalue weighted by Crippen LogP contribution is 2.27. The van der Waals surface area contributed by atoms with Gasteiger partial charge < -0.3 is 9.47 Å². The quantitative estimate of drug-likeness (QED) is 0.412. The van der Waals surface area contributed by atoms with Crippen molar-refractivity contribution in [1.82, 2.24) is 9.47 Å². The number of carbonyl (C=O) groups excluding carboxylic acids is 1. The third kappa shape index (κ3) is 4.91. The van der Waals surface area contributed by atoms with Crippen LogP contribution in [0.1, 0.15) is 53.7 Å². The van der Waals surface area contributed by atoms with Crippen LogP contribution in [0.15, 0.2) is 66.9 Å². The summed E-state index contributed by atoms with van der Waals surface area (Å²) in [7, 11) is 0. The van der Waals surface area contributed by atoms with Crippen molar-refractivity contribution in [2.45, 2.75) is 51.2 Å². The van der Waals surface area contributed by atoms with E-state index in [0.29, 0.717) is 23.7 Å². The fraction of sp³-hybridized carbons (Fsp3) is 0.320. The summed E-state index contributed by atoms with van der Waals surface area (Å²) in [5.41, 5.74) is 2.88. The molecule has 0 spiro atoms. The van der Waals surface area contributed by atoms with E-state index in [2.05, 4.69) is 21.7 Å². The standard InChI is InChI=1S/C25H26Cl2N2O/c26-21-14-12-19(13-15-21)25(30)29(22-8-2-1-3-9-22)18-23-10-6-16-28(23)17-20-7-4-5-11-24(20)27/h4-7,10-16,22H,1-3,8-9,17-18H2. The van der Waals surface area contributed by atoms with Crippen LogP contribution >= 0.6 is 23.2 Å². The second-order valence-corrected chi connectivity index (χ2v) is 8.79. The van der Waals surface area contributed by atoms with Gasteiger partial charge in [-0.3, -0.25) is 4.79 Å². The Hall–Kier alpha value is -2.23. The van der Waals surface area contributed by atoms with Crippen LogP contribution in [0.25, 0.3) is 0 Å². The van der Waals surface area contributed by atoms with E-state index in [0.717, 1.165) is 29.1 Å². The molecule has 3 aromatic rings. The monoisotopic (exact) mass is 440 g/mol. The molecule has 0 saturated heterocycles. The lowest BCUT2D eigenvalue weighted by Gasteiger charge is -2.35. The molecule has 156 valence electrons. The third-order valence-corrected chi connectivity index (χ3v) is 6.54. The lowest BCUT2D eigenvalue weighted by atomic mass is 9.93. The van der Waals surface area contributed by atoms with Crippen LogP contribution in [0.3, 0.4) is 0 Å². The average molecular weight is 441 g/mol. The van der Waals surface area contributed by atoms with Gasteiger partial charge in [-0.15, -0.1) is 0 Å². The second-order valence-electron chi connectivity index (χ2n) is 7.95. The van der Waals surface area contributed by atoms with E-state index in [9.17, 15) is 4.79 Å². The highest BCUT2D eigenvalue weighted by Gasteiger charge is 2.27. The Labute approximate surface area is 188 Å². The number of halogens is 2. The van der Waals surface area contributed by atoms with Crippen LogP contribution in [0.4, 0.5) is 0 Å². The maximum atomic E-state index is 13.5. The zero-order chi connectivity index (χ0) is 20.9. The van der Waals surface area contributed by atoms with Gasteiger partial charge in [0.1, 0.15) is 0 Å². The van der Waals surface area contributed by atoms with E-state index >= 15 is 0 Å². The van der Waals surface area contributed by atoms with Crippen molar-refractivity contribution in [3.05, 3.63) is 93.7 Å². The number of hydrogen-bond acceptors (Lipinski definition) is 1. The molecule has 1 fully saturated rings. The van der Waals surface area contributed by atoms with E-state index in [1.54, 1.807) is 12.1 Å². The molecule has 5 heteroatoms. The molecule has 4 rings (SSSR count). The van der Waals surface area contributed by atoms with Gasteiger partial charge in [-0.1, -0.05) is 60.7 Å². The lowest BCUT2D eigenvalue weighted by molar-refractivity contribution is 0.0608. The van der Waals surface area contributed by atoms with Crippen molar-refractivity contribution in [1.29, 1.82) is 0 Å². The highest BCUT2D eigenvalue weighted by atomic mass is 35.5. The maximum Gasteiger partial charge on any atom is 0.254 e. The highest BCUT2D eigenvalue weighted by molar-refractivity contribution is 6.31. The average Bonchev–Trinajstić information content (AvgIpc) is 3.21. The Kier molecular flexibility index (Phi) is 6.81. The summed E-state index contributed by atoms with van der Waals surface area (Å²) in [6.07, 6.45) is 7.79. The first-order valence-electron chi connectivity index (χ1n) is 10.6. The summed E-state index contributed by atoms with van der Waals surface area (Å²) in [6, 6.07) is 19.5. The first-order valence-corrected chi connectivity index (χ1v) is 11.3. The molecule has 1 aliphatic rings. The Bertz CT molecular complexity index is 990. The van der Waals surface area contributed by atoms with Crippen molar-refractivity contribution in [2.75, 3.05) is 0 Å². The van der Waals surface area contributed by atoms with Crippen LogP contribution in [0, 0.1) is 0 Å². The summed E-state index contributed by atoms with van der Waals surface area (Å²) in [5.74, 6) is 0.0732. The van der Waals surface area contributed by atoms with Crippen LogP contribution < -0.4 is 0 Å². The molecule has 1 amide bonds. The molecule has 0 unspecified atom stereocenters. The molecular formula is C25H26Cl2N2O. The summed E-state index contributed by atoms with van der Waals surface area (Å²) in [5, 5.41) is 1.41. The summed E-state index contributed by atoms with van der Waals surface area (Å²) in [6.45, 7) is 1.28. The fourth-order valence-electron chi connectivity index (χ4n) is 4.25. The summed E-state index contributed by atoms with van der Waals surface area (Å²) < 4.78 is 2.19. The first kappa shape index (κ1) is 21.0. The minimum absolute atomic E-state index is 0.0732. The smallest absolute Gasteiger partial charge is 0.254 e. The normalized spacial score (nSPS) is 14.6. The Balaban J connectivity index is 1.59. The van der Waals surface area contributed by atoms with Crippen LogP contribution in [0.5, 0.6) is 0 Å². The molecule has 3 nitrogen and oxygen atoms in total. The van der Waals surface area contributed by atoms with Gasteiger partial charge in [-0.05, 0) is 60.9 Å². The molecule has 30 heavy (non-hydrogen) atoms. The molecule has 2 aromatic carbocycles. The van der Waals surface area contributed by atoms with Gasteiger partial charge in [0.2, 0.25) is 0 Å². The number of amides is 1. The van der Waals surface area contributed by atoms with Crippen molar-refractivity contribution in [3.8, 4) is 0 Å². The number of nitrogens with zero attached hydrogens (tertiary/aromatic N) is 2. The van der Waals surface area contributed by atoms with Crippen LogP contribution in [-0.4, -0.2) is 21.4 Å². The number of carbonyl (C=O) groups is 1. The molecule has 1 heterocycles. The van der Waals surface area contributed by atoms with Gasteiger partial charge >= 0.3 is 0 Å². The molecule has 0 atom stereocenters. The van der Waals surface area contributed by atoms with Gasteiger partial charge in [0.25, 0.3) is 5.91 Å². The van der Waals surface area contributed by atoms with Crippen molar-refractivity contribution >= 4 is 29.1 Å².